The summed E-state index contributed by atoms with van der Waals surface area (Å²) in [4.78, 5) is 28.3. The minimum atomic E-state index is -0.269. The number of benzene rings is 4. The van der Waals surface area contributed by atoms with Crippen LogP contribution < -0.4 is 5.32 Å². The van der Waals surface area contributed by atoms with E-state index < -0.39 is 0 Å². The van der Waals surface area contributed by atoms with Crippen LogP contribution in [0.25, 0.3) is 0 Å². The summed E-state index contributed by atoms with van der Waals surface area (Å²) < 4.78 is 0. The van der Waals surface area contributed by atoms with Gasteiger partial charge in [0.05, 0.1) is 0 Å². The smallest absolute Gasteiger partial charge is 0.151 e. The molecule has 4 atom stereocenters. The highest BCUT2D eigenvalue weighted by Crippen LogP contribution is 2.42. The lowest BCUT2D eigenvalue weighted by molar-refractivity contribution is 0.367. The van der Waals surface area contributed by atoms with E-state index in [1.165, 1.54) is 0 Å². The van der Waals surface area contributed by atoms with Crippen molar-refractivity contribution in [1.29, 1.82) is 0 Å². The zero-order valence-corrected chi connectivity index (χ0v) is 24.2. The molecule has 5 heterocycles. The lowest BCUT2D eigenvalue weighted by Gasteiger charge is -2.26. The topological polar surface area (TPSA) is 71.2 Å². The Labute approximate surface area is 250 Å². The third-order valence-corrected chi connectivity index (χ3v) is 9.32. The Hall–Kier alpha value is -5.24. The van der Waals surface area contributed by atoms with Gasteiger partial charge in [-0.1, -0.05) is 97.1 Å². The molecule has 4 aromatic carbocycles. The van der Waals surface area contributed by atoms with Crippen LogP contribution in [0.5, 0.6) is 0 Å². The molecule has 8 nitrogen and oxygen atoms in total. The minimum Gasteiger partial charge on any atom is -0.344 e. The average Bonchev–Trinajstić information content (AvgIpc) is 3.69. The second-order valence-corrected chi connectivity index (χ2v) is 11.7. The fraction of sp³-hybridized carbons (Fsp3) is 0.200. The molecule has 9 rings (SSSR count). The van der Waals surface area contributed by atoms with Gasteiger partial charge < -0.3 is 20.0 Å². The van der Waals surface area contributed by atoms with Crippen molar-refractivity contribution in [3.05, 3.63) is 142 Å². The first kappa shape index (κ1) is 24.4. The Morgan fingerprint density at radius 2 is 0.814 bits per heavy atom. The van der Waals surface area contributed by atoms with E-state index in [-0.39, 0.29) is 24.7 Å². The quantitative estimate of drug-likeness (QED) is 0.319. The summed E-state index contributed by atoms with van der Waals surface area (Å²) in [5, 5.41) is 3.68. The van der Waals surface area contributed by atoms with Gasteiger partial charge >= 0.3 is 0 Å². The molecular formula is C35H30N8. The van der Waals surface area contributed by atoms with Crippen LogP contribution in [-0.4, -0.2) is 59.2 Å². The van der Waals surface area contributed by atoms with Crippen LogP contribution >= 0.6 is 0 Å². The van der Waals surface area contributed by atoms with Gasteiger partial charge in [0.25, 0.3) is 0 Å². The minimum absolute atomic E-state index is 0.218. The number of nitrogens with one attached hydrogen (secondary N) is 1. The van der Waals surface area contributed by atoms with Crippen molar-refractivity contribution in [2.45, 2.75) is 24.7 Å². The molecule has 1 N–H and O–H groups in total. The molecule has 0 fully saturated rings. The van der Waals surface area contributed by atoms with E-state index in [4.69, 9.17) is 20.0 Å². The van der Waals surface area contributed by atoms with Crippen molar-refractivity contribution in [2.75, 3.05) is 21.1 Å². The molecule has 0 radical (unpaired) electrons. The molecular weight excluding hydrogens is 532 g/mol. The van der Waals surface area contributed by atoms with Gasteiger partial charge in [-0.15, -0.1) is 0 Å². The molecule has 8 heteroatoms. The Morgan fingerprint density at radius 1 is 0.442 bits per heavy atom. The molecule has 0 aromatic heterocycles. The van der Waals surface area contributed by atoms with Crippen LogP contribution in [0.4, 0.5) is 0 Å². The number of nitrogens with zero attached hydrogens (tertiary/aromatic N) is 7. The standard InChI is InChI=1S/C35H30N8/c1-41-30-22-14-6-8-16-24(22)32(41)39-34-26-18-10-11-19-27(26)35(43(34)3)40-33-25-17-9-7-15-23(25)31(42(33)2)38-29-21-13-5-4-12-20(21)28(36-29)37-30/h4-19,28,31-32,35H,1-3H3,(H,36,38)/b37-30-,39-34-,40-33-. The Balaban J connectivity index is 1.33. The third kappa shape index (κ3) is 3.37. The van der Waals surface area contributed by atoms with E-state index in [2.05, 4.69) is 138 Å². The molecule has 0 saturated carbocycles. The summed E-state index contributed by atoms with van der Waals surface area (Å²) in [7, 11) is 6.29. The summed E-state index contributed by atoms with van der Waals surface area (Å²) >= 11 is 0. The van der Waals surface area contributed by atoms with Gasteiger partial charge in [0, 0.05) is 65.7 Å². The maximum atomic E-state index is 5.46. The van der Waals surface area contributed by atoms with Crippen LogP contribution in [0.15, 0.2) is 117 Å². The SMILES string of the molecule is CN1/C2=N\C3c4ccccc4/C(=N/C4c5ccccc5/C(=N/C5N/C(=N\C1c1ccccc12)c1ccccc15)N4C)N3C. The molecule has 210 valence electrons. The molecule has 8 bridgehead atoms. The van der Waals surface area contributed by atoms with Gasteiger partial charge in [0.1, 0.15) is 29.5 Å². The van der Waals surface area contributed by atoms with E-state index in [1.54, 1.807) is 0 Å². The van der Waals surface area contributed by atoms with E-state index in [1.807, 2.05) is 0 Å². The molecule has 0 saturated heterocycles. The lowest BCUT2D eigenvalue weighted by atomic mass is 10.1. The summed E-state index contributed by atoms with van der Waals surface area (Å²) in [5.74, 6) is 3.62. The van der Waals surface area contributed by atoms with Crippen molar-refractivity contribution >= 4 is 23.3 Å². The largest absolute Gasteiger partial charge is 0.344 e. The molecule has 43 heavy (non-hydrogen) atoms. The highest BCUT2D eigenvalue weighted by Gasteiger charge is 2.41. The molecule has 0 spiro atoms. The van der Waals surface area contributed by atoms with E-state index in [0.717, 1.165) is 67.9 Å². The number of aliphatic imine (C=N–C) groups is 4. The Kier molecular flexibility index (Phi) is 5.03. The normalized spacial score (nSPS) is 29.1. The van der Waals surface area contributed by atoms with Crippen LogP contribution in [0.1, 0.15) is 69.2 Å². The van der Waals surface area contributed by atoms with Gasteiger partial charge in [-0.05, 0) is 0 Å². The predicted octanol–water partition coefficient (Wildman–Crippen LogP) is 5.22. The van der Waals surface area contributed by atoms with Crippen molar-refractivity contribution in [3.63, 3.8) is 0 Å². The zero-order valence-electron chi connectivity index (χ0n) is 24.2. The highest BCUT2D eigenvalue weighted by molar-refractivity contribution is 6.09. The highest BCUT2D eigenvalue weighted by atomic mass is 15.4. The molecule has 5 aliphatic rings. The molecule has 5 aliphatic heterocycles. The number of hydrogen-bond donors (Lipinski definition) is 1. The number of hydrogen-bond acceptors (Lipinski definition) is 8. The molecule has 4 aromatic rings. The van der Waals surface area contributed by atoms with Gasteiger partial charge in [0.2, 0.25) is 0 Å². The Morgan fingerprint density at radius 3 is 1.30 bits per heavy atom. The Bertz CT molecular complexity index is 1950. The second-order valence-electron chi connectivity index (χ2n) is 11.7. The summed E-state index contributed by atoms with van der Waals surface area (Å²) in [6.07, 6.45) is -0.929. The fourth-order valence-corrected chi connectivity index (χ4v) is 7.19. The van der Waals surface area contributed by atoms with E-state index in [9.17, 15) is 0 Å². The average molecular weight is 563 g/mol. The molecule has 0 aliphatic carbocycles. The van der Waals surface area contributed by atoms with Crippen molar-refractivity contribution < 1.29 is 0 Å². The number of rotatable bonds is 0. The van der Waals surface area contributed by atoms with Gasteiger partial charge in [-0.2, -0.15) is 0 Å². The number of fused-ring (bicyclic) bond motifs is 20. The van der Waals surface area contributed by atoms with Gasteiger partial charge in [0.15, 0.2) is 18.5 Å². The first-order valence-electron chi connectivity index (χ1n) is 14.7. The van der Waals surface area contributed by atoms with Gasteiger partial charge in [-0.25, -0.2) is 20.0 Å². The molecule has 4 unspecified atom stereocenters. The van der Waals surface area contributed by atoms with E-state index in [0.29, 0.717) is 0 Å². The first-order valence-corrected chi connectivity index (χ1v) is 14.7. The van der Waals surface area contributed by atoms with Crippen LogP contribution in [0.3, 0.4) is 0 Å². The predicted molar refractivity (Wildman–Crippen MR) is 169 cm³/mol. The number of amidine groups is 4. The lowest BCUT2D eigenvalue weighted by Crippen LogP contribution is -2.31. The maximum absolute atomic E-state index is 5.46. The fourth-order valence-electron chi connectivity index (χ4n) is 7.19. The maximum Gasteiger partial charge on any atom is 0.151 e. The van der Waals surface area contributed by atoms with Crippen LogP contribution in [0, 0.1) is 0 Å². The van der Waals surface area contributed by atoms with Crippen molar-refractivity contribution in [1.82, 2.24) is 20.0 Å². The monoisotopic (exact) mass is 562 g/mol. The van der Waals surface area contributed by atoms with Crippen molar-refractivity contribution in [2.24, 2.45) is 20.0 Å². The van der Waals surface area contributed by atoms with Crippen molar-refractivity contribution in [3.8, 4) is 0 Å². The third-order valence-electron chi connectivity index (χ3n) is 9.32. The van der Waals surface area contributed by atoms with Crippen LogP contribution in [-0.2, 0) is 0 Å². The summed E-state index contributed by atoms with van der Waals surface area (Å²) in [6.45, 7) is 0. The zero-order chi connectivity index (χ0) is 28.8. The summed E-state index contributed by atoms with van der Waals surface area (Å²) in [6, 6.07) is 33.9. The summed E-state index contributed by atoms with van der Waals surface area (Å²) in [5.41, 5.74) is 8.96. The first-order chi connectivity index (χ1) is 21.1. The second kappa shape index (κ2) is 8.88. The van der Waals surface area contributed by atoms with E-state index >= 15 is 0 Å². The molecule has 0 amide bonds. The van der Waals surface area contributed by atoms with Crippen LogP contribution in [0.2, 0.25) is 0 Å². The van der Waals surface area contributed by atoms with Gasteiger partial charge in [-0.3, -0.25) is 0 Å².